The number of aromatic nitrogens is 4. The van der Waals surface area contributed by atoms with Gasteiger partial charge in [0.1, 0.15) is 0 Å². The SMILES string of the molecule is C.C.C.FC(F)(F)c1n[nH]c2c1CCCC2.NC(=O)c1ccc(CBr)cc1.NC(=O)c1ccc(Cn2nc(C(F)(F)F)c3c2CCCC3)cc1. The van der Waals surface area contributed by atoms with Crippen LogP contribution in [0.25, 0.3) is 0 Å². The molecule has 0 aliphatic heterocycles. The lowest BCUT2D eigenvalue weighted by Gasteiger charge is -2.14. The van der Waals surface area contributed by atoms with Crippen molar-refractivity contribution in [3.8, 4) is 0 Å². The predicted octanol–water partition coefficient (Wildman–Crippen LogP) is 8.82. The number of alkyl halides is 7. The summed E-state index contributed by atoms with van der Waals surface area (Å²) >= 11 is 3.30. The molecular formula is C35H45BrF6N6O2. The van der Waals surface area contributed by atoms with Gasteiger partial charge in [-0.05, 0) is 86.8 Å². The number of H-pyrrole nitrogens is 1. The summed E-state index contributed by atoms with van der Waals surface area (Å²) in [5.74, 6) is -0.918. The van der Waals surface area contributed by atoms with Gasteiger partial charge in [-0.15, -0.1) is 0 Å². The monoisotopic (exact) mass is 774 g/mol. The number of hydrogen-bond acceptors (Lipinski definition) is 4. The summed E-state index contributed by atoms with van der Waals surface area (Å²) in [6.45, 7) is 0.247. The minimum Gasteiger partial charge on any atom is -0.366 e. The molecule has 2 aliphatic carbocycles. The number of nitrogens with one attached hydrogen (secondary N) is 1. The summed E-state index contributed by atoms with van der Waals surface area (Å²) in [5, 5.41) is 10.4. The Labute approximate surface area is 297 Å². The van der Waals surface area contributed by atoms with E-state index in [0.717, 1.165) is 42.1 Å². The summed E-state index contributed by atoms with van der Waals surface area (Å²) in [6, 6.07) is 13.7. The second kappa shape index (κ2) is 18.7. The van der Waals surface area contributed by atoms with Crippen molar-refractivity contribution in [1.29, 1.82) is 0 Å². The number of nitrogens with zero attached hydrogens (tertiary/aromatic N) is 3. The highest BCUT2D eigenvalue weighted by Crippen LogP contribution is 2.36. The number of amides is 2. The van der Waals surface area contributed by atoms with E-state index >= 15 is 0 Å². The van der Waals surface area contributed by atoms with E-state index in [-0.39, 0.29) is 34.7 Å². The fraction of sp³-hybridized carbons (Fsp3) is 0.429. The van der Waals surface area contributed by atoms with Crippen molar-refractivity contribution >= 4 is 27.7 Å². The third-order valence-electron chi connectivity index (χ3n) is 7.81. The molecular weight excluding hydrogens is 730 g/mol. The van der Waals surface area contributed by atoms with Crippen molar-refractivity contribution in [2.45, 2.75) is 97.9 Å². The highest BCUT2D eigenvalue weighted by molar-refractivity contribution is 9.08. The molecule has 0 bridgehead atoms. The van der Waals surface area contributed by atoms with Crippen LogP contribution in [-0.4, -0.2) is 31.8 Å². The second-order valence-electron chi connectivity index (χ2n) is 11.1. The molecule has 2 aromatic carbocycles. The fourth-order valence-electron chi connectivity index (χ4n) is 5.45. The first-order chi connectivity index (χ1) is 22.2. The molecule has 4 aromatic rings. The van der Waals surface area contributed by atoms with Crippen LogP contribution in [0.2, 0.25) is 0 Å². The third kappa shape index (κ3) is 11.2. The fourth-order valence-corrected chi connectivity index (χ4v) is 5.82. The minimum atomic E-state index is -4.43. The number of carbonyl (C=O) groups excluding carboxylic acids is 2. The molecule has 0 radical (unpaired) electrons. The Bertz CT molecular complexity index is 1680. The molecule has 2 aromatic heterocycles. The van der Waals surface area contributed by atoms with Crippen LogP contribution in [0, 0.1) is 0 Å². The van der Waals surface area contributed by atoms with Crippen molar-refractivity contribution in [2.24, 2.45) is 11.5 Å². The van der Waals surface area contributed by atoms with Gasteiger partial charge in [-0.2, -0.15) is 36.5 Å². The molecule has 0 fully saturated rings. The Morgan fingerprint density at radius 1 is 0.700 bits per heavy atom. The van der Waals surface area contributed by atoms with Gasteiger partial charge < -0.3 is 11.5 Å². The first-order valence-corrected chi connectivity index (χ1v) is 15.9. The van der Waals surface area contributed by atoms with Crippen LogP contribution in [0.4, 0.5) is 26.3 Å². The zero-order chi connectivity index (χ0) is 34.4. The average Bonchev–Trinajstić information content (AvgIpc) is 3.65. The van der Waals surface area contributed by atoms with Crippen molar-refractivity contribution in [3.05, 3.63) is 105 Å². The summed E-state index contributed by atoms with van der Waals surface area (Å²) in [4.78, 5) is 21.7. The smallest absolute Gasteiger partial charge is 0.366 e. The van der Waals surface area contributed by atoms with Crippen LogP contribution >= 0.6 is 15.9 Å². The van der Waals surface area contributed by atoms with Gasteiger partial charge in [0.25, 0.3) is 0 Å². The van der Waals surface area contributed by atoms with E-state index in [4.69, 9.17) is 11.5 Å². The van der Waals surface area contributed by atoms with Crippen molar-refractivity contribution in [3.63, 3.8) is 0 Å². The number of rotatable bonds is 5. The highest BCUT2D eigenvalue weighted by atomic mass is 79.9. The Hall–Kier alpha value is -4.14. The molecule has 0 spiro atoms. The number of primary amides is 2. The summed E-state index contributed by atoms with van der Waals surface area (Å²) in [5.41, 5.74) is 13.6. The molecule has 2 aliphatic rings. The summed E-state index contributed by atoms with van der Waals surface area (Å²) in [6.07, 6.45) is -3.10. The molecule has 2 heterocycles. The quantitative estimate of drug-likeness (QED) is 0.138. The van der Waals surface area contributed by atoms with E-state index in [2.05, 4.69) is 31.2 Å². The lowest BCUT2D eigenvalue weighted by Crippen LogP contribution is -2.12. The van der Waals surface area contributed by atoms with E-state index in [1.807, 2.05) is 12.1 Å². The lowest BCUT2D eigenvalue weighted by atomic mass is 9.95. The summed E-state index contributed by atoms with van der Waals surface area (Å²) in [7, 11) is 0. The average molecular weight is 776 g/mol. The number of aryl methyl sites for hydroxylation is 1. The van der Waals surface area contributed by atoms with E-state index in [1.54, 1.807) is 36.4 Å². The normalized spacial score (nSPS) is 13.3. The zero-order valence-electron chi connectivity index (χ0n) is 25.1. The molecule has 0 saturated heterocycles. The zero-order valence-corrected chi connectivity index (χ0v) is 26.7. The topological polar surface area (TPSA) is 133 Å². The van der Waals surface area contributed by atoms with Crippen molar-refractivity contribution in [1.82, 2.24) is 20.0 Å². The molecule has 0 saturated carbocycles. The Balaban J connectivity index is 0.000000397. The van der Waals surface area contributed by atoms with Crippen LogP contribution in [-0.2, 0) is 49.9 Å². The molecule has 276 valence electrons. The van der Waals surface area contributed by atoms with E-state index in [9.17, 15) is 35.9 Å². The molecule has 15 heteroatoms. The summed E-state index contributed by atoms with van der Waals surface area (Å²) < 4.78 is 77.8. The van der Waals surface area contributed by atoms with Crippen molar-refractivity contribution in [2.75, 3.05) is 0 Å². The highest BCUT2D eigenvalue weighted by Gasteiger charge is 2.40. The Morgan fingerprint density at radius 2 is 1.16 bits per heavy atom. The van der Waals surface area contributed by atoms with Crippen LogP contribution in [0.1, 0.15) is 114 Å². The van der Waals surface area contributed by atoms with Gasteiger partial charge in [0, 0.05) is 39.0 Å². The molecule has 5 N–H and O–H groups in total. The Kier molecular flexibility index (Phi) is 16.4. The number of carbonyl (C=O) groups is 2. The minimum absolute atomic E-state index is 0. The van der Waals surface area contributed by atoms with Gasteiger partial charge in [-0.25, -0.2) is 0 Å². The molecule has 8 nitrogen and oxygen atoms in total. The van der Waals surface area contributed by atoms with E-state index in [0.29, 0.717) is 59.3 Å². The number of hydrogen-bond donors (Lipinski definition) is 3. The maximum atomic E-state index is 13.1. The number of nitrogens with two attached hydrogens (primary N) is 2. The number of aromatic amines is 1. The molecule has 6 rings (SSSR count). The van der Waals surface area contributed by atoms with Crippen molar-refractivity contribution < 1.29 is 35.9 Å². The molecule has 2 amide bonds. The van der Waals surface area contributed by atoms with Gasteiger partial charge in [-0.3, -0.25) is 19.4 Å². The largest absolute Gasteiger partial charge is 0.435 e. The molecule has 50 heavy (non-hydrogen) atoms. The Morgan fingerprint density at radius 3 is 1.64 bits per heavy atom. The predicted molar refractivity (Wildman–Crippen MR) is 186 cm³/mol. The third-order valence-corrected chi connectivity index (χ3v) is 8.46. The van der Waals surface area contributed by atoms with Crippen LogP contribution in [0.5, 0.6) is 0 Å². The first-order valence-electron chi connectivity index (χ1n) is 14.8. The van der Waals surface area contributed by atoms with Gasteiger partial charge in [-0.1, -0.05) is 62.5 Å². The van der Waals surface area contributed by atoms with Gasteiger partial charge in [0.2, 0.25) is 11.8 Å². The van der Waals surface area contributed by atoms with Gasteiger partial charge in [0.15, 0.2) is 11.4 Å². The molecule has 0 atom stereocenters. The van der Waals surface area contributed by atoms with E-state index < -0.39 is 29.6 Å². The molecule has 0 unspecified atom stereocenters. The maximum absolute atomic E-state index is 13.1. The standard InChI is InChI=1S/C16H16F3N3O.C8H8BrNO.C8H9F3N2.3CH4/c17-16(18,19)14-12-3-1-2-4-13(12)22(21-14)9-10-5-7-11(8-6-10)15(20)23;9-5-6-1-3-7(4-2-6)8(10)11;9-8(10,11)7-5-3-1-2-4-6(5)12-13-7;;;/h5-8H,1-4,9H2,(H2,20,23);1-4H,5H2,(H2,10,11);1-4H2,(H,12,13);3*1H4. The van der Waals surface area contributed by atoms with Gasteiger partial charge >= 0.3 is 12.4 Å². The maximum Gasteiger partial charge on any atom is 0.435 e. The van der Waals surface area contributed by atoms with Gasteiger partial charge in [0.05, 0.1) is 6.54 Å². The van der Waals surface area contributed by atoms with Crippen LogP contribution in [0.15, 0.2) is 48.5 Å². The van der Waals surface area contributed by atoms with Crippen LogP contribution < -0.4 is 11.5 Å². The van der Waals surface area contributed by atoms with Crippen LogP contribution in [0.3, 0.4) is 0 Å². The van der Waals surface area contributed by atoms with E-state index in [1.165, 1.54) is 4.68 Å². The lowest BCUT2D eigenvalue weighted by molar-refractivity contribution is -0.142. The number of fused-ring (bicyclic) bond motifs is 2. The second-order valence-corrected chi connectivity index (χ2v) is 11.7. The first kappa shape index (κ1) is 43.9. The number of benzene rings is 2. The number of halogens is 7.